The third-order valence-electron chi connectivity index (χ3n) is 3.09. The Morgan fingerprint density at radius 2 is 2.08 bits per heavy atom. The van der Waals surface area contributed by atoms with E-state index in [1.807, 2.05) is 17.5 Å². The minimum atomic E-state index is -1.09. The quantitative estimate of drug-likeness (QED) is 0.703. The van der Waals surface area contributed by atoms with E-state index in [1.54, 1.807) is 13.8 Å². The largest absolute Gasteiger partial charge is 0.453 e. The zero-order valence-electron chi connectivity index (χ0n) is 14.6. The van der Waals surface area contributed by atoms with Crippen LogP contribution in [0.4, 0.5) is 4.79 Å². The van der Waals surface area contributed by atoms with E-state index in [-0.39, 0.29) is 18.9 Å². The van der Waals surface area contributed by atoms with Gasteiger partial charge in [-0.1, -0.05) is 11.2 Å². The molecule has 1 atom stereocenters. The standard InChI is InChI=1S/C16H20N4O5S/c1-9(2)17-16(23)19-15(22)10(3)24-13(21)7-6-12-18-14(20-25-12)11-5-4-8-26-11/h4-5,8-10H,6-7H2,1-3H3,(H2,17,19,22,23). The second kappa shape index (κ2) is 9.09. The molecule has 2 rings (SSSR count). The highest BCUT2D eigenvalue weighted by atomic mass is 32.1. The van der Waals surface area contributed by atoms with Crippen LogP contribution in [0.1, 0.15) is 33.1 Å². The van der Waals surface area contributed by atoms with E-state index in [9.17, 15) is 14.4 Å². The maximum atomic E-state index is 11.8. The molecule has 0 radical (unpaired) electrons. The molecule has 0 aromatic carbocycles. The molecule has 0 saturated heterocycles. The van der Waals surface area contributed by atoms with Crippen molar-refractivity contribution >= 4 is 29.2 Å². The molecule has 0 spiro atoms. The highest BCUT2D eigenvalue weighted by molar-refractivity contribution is 7.13. The Morgan fingerprint density at radius 3 is 2.73 bits per heavy atom. The monoisotopic (exact) mass is 380 g/mol. The number of amides is 3. The van der Waals surface area contributed by atoms with Crippen LogP contribution in [0.15, 0.2) is 22.0 Å². The summed E-state index contributed by atoms with van der Waals surface area (Å²) in [7, 11) is 0. The van der Waals surface area contributed by atoms with Gasteiger partial charge in [-0.15, -0.1) is 11.3 Å². The first-order valence-corrected chi connectivity index (χ1v) is 8.90. The van der Waals surface area contributed by atoms with E-state index < -0.39 is 24.0 Å². The number of carbonyl (C=O) groups excluding carboxylic acids is 3. The Kier molecular flexibility index (Phi) is 6.84. The maximum absolute atomic E-state index is 11.8. The Labute approximate surface area is 154 Å². The van der Waals surface area contributed by atoms with E-state index in [0.717, 1.165) is 4.88 Å². The molecule has 2 heterocycles. The van der Waals surface area contributed by atoms with Gasteiger partial charge in [-0.3, -0.25) is 14.9 Å². The summed E-state index contributed by atoms with van der Waals surface area (Å²) in [6.45, 7) is 4.90. The Hall–Kier alpha value is -2.75. The normalized spacial score (nSPS) is 11.8. The highest BCUT2D eigenvalue weighted by Crippen LogP contribution is 2.21. The number of ether oxygens (including phenoxy) is 1. The minimum Gasteiger partial charge on any atom is -0.453 e. The van der Waals surface area contributed by atoms with Crippen LogP contribution in [0.5, 0.6) is 0 Å². The predicted molar refractivity (Wildman–Crippen MR) is 93.3 cm³/mol. The van der Waals surface area contributed by atoms with Gasteiger partial charge in [0.05, 0.1) is 11.3 Å². The molecule has 10 heteroatoms. The van der Waals surface area contributed by atoms with Crippen LogP contribution in [-0.4, -0.2) is 40.2 Å². The summed E-state index contributed by atoms with van der Waals surface area (Å²) in [5.74, 6) is -0.534. The van der Waals surface area contributed by atoms with Gasteiger partial charge in [0.15, 0.2) is 6.10 Å². The molecular weight excluding hydrogens is 360 g/mol. The topological polar surface area (TPSA) is 123 Å². The molecule has 0 aliphatic carbocycles. The third kappa shape index (κ3) is 5.96. The van der Waals surface area contributed by atoms with Crippen molar-refractivity contribution in [1.29, 1.82) is 0 Å². The lowest BCUT2D eigenvalue weighted by molar-refractivity contribution is -0.154. The van der Waals surface area contributed by atoms with Crippen LogP contribution in [0, 0.1) is 0 Å². The number of urea groups is 1. The van der Waals surface area contributed by atoms with Gasteiger partial charge in [-0.2, -0.15) is 4.98 Å². The second-order valence-corrected chi connectivity index (χ2v) is 6.69. The summed E-state index contributed by atoms with van der Waals surface area (Å²) in [6.07, 6.45) is -0.925. The molecule has 0 fully saturated rings. The van der Waals surface area contributed by atoms with Gasteiger partial charge >= 0.3 is 12.0 Å². The van der Waals surface area contributed by atoms with Crippen LogP contribution in [0.25, 0.3) is 10.7 Å². The SMILES string of the molecule is CC(C)NC(=O)NC(=O)C(C)OC(=O)CCc1nc(-c2cccs2)no1. The highest BCUT2D eigenvalue weighted by Gasteiger charge is 2.20. The number of carbonyl (C=O) groups is 3. The number of aromatic nitrogens is 2. The molecule has 9 nitrogen and oxygen atoms in total. The number of nitrogens with one attached hydrogen (secondary N) is 2. The number of imide groups is 1. The lowest BCUT2D eigenvalue weighted by Gasteiger charge is -2.14. The Balaban J connectivity index is 1.76. The van der Waals surface area contributed by atoms with Crippen molar-refractivity contribution in [2.24, 2.45) is 0 Å². The van der Waals surface area contributed by atoms with Crippen LogP contribution in [-0.2, 0) is 20.7 Å². The molecule has 140 valence electrons. The maximum Gasteiger partial charge on any atom is 0.321 e. The van der Waals surface area contributed by atoms with Gasteiger partial charge in [0.2, 0.25) is 11.7 Å². The van der Waals surface area contributed by atoms with Crippen LogP contribution >= 0.6 is 11.3 Å². The van der Waals surface area contributed by atoms with Gasteiger partial charge < -0.3 is 14.6 Å². The first kappa shape index (κ1) is 19.6. The van der Waals surface area contributed by atoms with Gasteiger partial charge in [0.25, 0.3) is 5.91 Å². The summed E-state index contributed by atoms with van der Waals surface area (Å²) in [6, 6.07) is 2.99. The lowest BCUT2D eigenvalue weighted by atomic mass is 10.3. The van der Waals surface area contributed by atoms with E-state index in [2.05, 4.69) is 20.8 Å². The fourth-order valence-electron chi connectivity index (χ4n) is 1.89. The first-order chi connectivity index (χ1) is 12.3. The smallest absolute Gasteiger partial charge is 0.321 e. The summed E-state index contributed by atoms with van der Waals surface area (Å²) in [5.41, 5.74) is 0. The summed E-state index contributed by atoms with van der Waals surface area (Å²) in [5, 5.41) is 10.4. The molecule has 0 bridgehead atoms. The van der Waals surface area contributed by atoms with E-state index >= 15 is 0 Å². The molecule has 2 aromatic heterocycles. The van der Waals surface area contributed by atoms with Gasteiger partial charge in [0, 0.05) is 12.5 Å². The number of nitrogens with zero attached hydrogens (tertiary/aromatic N) is 2. The van der Waals surface area contributed by atoms with E-state index in [1.165, 1.54) is 18.3 Å². The molecule has 0 aliphatic heterocycles. The first-order valence-electron chi connectivity index (χ1n) is 8.02. The van der Waals surface area contributed by atoms with Crippen LogP contribution < -0.4 is 10.6 Å². The van der Waals surface area contributed by atoms with Crippen molar-refractivity contribution in [1.82, 2.24) is 20.8 Å². The molecule has 3 amide bonds. The van der Waals surface area contributed by atoms with Gasteiger partial charge in [-0.05, 0) is 32.2 Å². The third-order valence-corrected chi connectivity index (χ3v) is 3.95. The second-order valence-electron chi connectivity index (χ2n) is 5.74. The van der Waals surface area contributed by atoms with Crippen molar-refractivity contribution in [3.8, 4) is 10.7 Å². The predicted octanol–water partition coefficient (Wildman–Crippen LogP) is 1.90. The summed E-state index contributed by atoms with van der Waals surface area (Å²) >= 11 is 1.48. The van der Waals surface area contributed by atoms with Crippen LogP contribution in [0.3, 0.4) is 0 Å². The number of rotatable bonds is 7. The average Bonchev–Trinajstić information content (AvgIpc) is 3.23. The zero-order valence-corrected chi connectivity index (χ0v) is 15.5. The number of hydrogen-bond acceptors (Lipinski definition) is 8. The fraction of sp³-hybridized carbons (Fsp3) is 0.438. The van der Waals surface area contributed by atoms with Gasteiger partial charge in [0.1, 0.15) is 0 Å². The number of thiophene rings is 1. The molecule has 26 heavy (non-hydrogen) atoms. The Bertz CT molecular complexity index is 757. The van der Waals surface area contributed by atoms with Gasteiger partial charge in [-0.25, -0.2) is 4.79 Å². The molecule has 2 aromatic rings. The van der Waals surface area contributed by atoms with Crippen molar-refractivity contribution < 1.29 is 23.6 Å². The van der Waals surface area contributed by atoms with E-state index in [0.29, 0.717) is 11.7 Å². The van der Waals surface area contributed by atoms with E-state index in [4.69, 9.17) is 9.26 Å². The fourth-order valence-corrected chi connectivity index (χ4v) is 2.54. The summed E-state index contributed by atoms with van der Waals surface area (Å²) in [4.78, 5) is 40.2. The number of esters is 1. The van der Waals surface area contributed by atoms with Crippen molar-refractivity contribution in [2.45, 2.75) is 45.8 Å². The van der Waals surface area contributed by atoms with Crippen molar-refractivity contribution in [2.75, 3.05) is 0 Å². The average molecular weight is 380 g/mol. The van der Waals surface area contributed by atoms with Crippen molar-refractivity contribution in [3.05, 3.63) is 23.4 Å². The lowest BCUT2D eigenvalue weighted by Crippen LogP contribution is -2.46. The van der Waals surface area contributed by atoms with Crippen molar-refractivity contribution in [3.63, 3.8) is 0 Å². The van der Waals surface area contributed by atoms with Crippen LogP contribution in [0.2, 0.25) is 0 Å². The number of hydrogen-bond donors (Lipinski definition) is 2. The molecule has 0 aliphatic rings. The summed E-state index contributed by atoms with van der Waals surface area (Å²) < 4.78 is 10.1. The Morgan fingerprint density at radius 1 is 1.31 bits per heavy atom. The molecule has 1 unspecified atom stereocenters. The zero-order chi connectivity index (χ0) is 19.1. The molecule has 0 saturated carbocycles. The molecule has 2 N–H and O–H groups in total. The minimum absolute atomic E-state index is 0.0259. The molecular formula is C16H20N4O5S. The number of aryl methyl sites for hydroxylation is 1.